The van der Waals surface area contributed by atoms with Crippen molar-refractivity contribution in [3.05, 3.63) is 35.8 Å². The number of amides is 2. The van der Waals surface area contributed by atoms with Crippen molar-refractivity contribution in [1.82, 2.24) is 10.9 Å². The van der Waals surface area contributed by atoms with E-state index in [2.05, 4.69) is 10.9 Å². The summed E-state index contributed by atoms with van der Waals surface area (Å²) < 4.78 is 20.9. The molecule has 0 bridgehead atoms. The number of hydrogen-bond donors (Lipinski definition) is 2. The Labute approximate surface area is 139 Å². The van der Waals surface area contributed by atoms with Crippen molar-refractivity contribution in [3.8, 4) is 11.5 Å². The number of carbonyl (C=O) groups is 2. The number of methoxy groups -OCH3 is 1. The monoisotopic (exact) mass is 336 g/mol. The average molecular weight is 336 g/mol. The summed E-state index contributed by atoms with van der Waals surface area (Å²) in [7, 11) is 1.48. The molecule has 0 spiro atoms. The molecule has 1 aliphatic heterocycles. The van der Waals surface area contributed by atoms with Crippen LogP contribution in [-0.2, 0) is 14.3 Å². The quantitative estimate of drug-likeness (QED) is 0.783. The molecule has 0 atom stereocenters. The molecule has 130 valence electrons. The van der Waals surface area contributed by atoms with Gasteiger partial charge in [0.25, 0.3) is 5.91 Å². The third kappa shape index (κ3) is 4.55. The van der Waals surface area contributed by atoms with Crippen LogP contribution < -0.4 is 20.3 Å². The van der Waals surface area contributed by atoms with E-state index in [1.54, 1.807) is 12.1 Å². The molecule has 0 fully saturated rings. The molecule has 1 heterocycles. The Morgan fingerprint density at radius 2 is 1.88 bits per heavy atom. The lowest BCUT2D eigenvalue weighted by Gasteiger charge is -2.16. The molecule has 24 heavy (non-hydrogen) atoms. The molecule has 1 aromatic rings. The van der Waals surface area contributed by atoms with Crippen molar-refractivity contribution in [2.24, 2.45) is 0 Å². The second-order valence-corrected chi connectivity index (χ2v) is 5.14. The molecule has 1 aliphatic rings. The Bertz CT molecular complexity index is 641. The van der Waals surface area contributed by atoms with Crippen LogP contribution in [0.1, 0.15) is 24.2 Å². The van der Waals surface area contributed by atoms with Crippen LogP contribution in [0.4, 0.5) is 0 Å². The molecular weight excluding hydrogens is 316 g/mol. The Kier molecular flexibility index (Phi) is 5.89. The van der Waals surface area contributed by atoms with E-state index in [1.165, 1.54) is 19.4 Å². The van der Waals surface area contributed by atoms with Crippen LogP contribution in [0.2, 0.25) is 0 Å². The van der Waals surface area contributed by atoms with Gasteiger partial charge in [0.2, 0.25) is 5.76 Å². The number of hydrazine groups is 1. The maximum Gasteiger partial charge on any atom is 0.308 e. The van der Waals surface area contributed by atoms with Gasteiger partial charge in [0.05, 0.1) is 13.2 Å². The third-order valence-electron chi connectivity index (χ3n) is 2.95. The standard InChI is InChI=1S/C16H20N2O6/c1-10(2)24-12-5-4-11(8-13(12)21-3)15(19)17-18-16(20)14-9-22-6-7-23-14/h4-5,8-10H,6-7H2,1-3H3,(H,17,19)(H,18,20). The fraction of sp³-hybridized carbons (Fsp3) is 0.375. The molecule has 0 unspecified atom stereocenters. The molecule has 8 nitrogen and oxygen atoms in total. The number of ether oxygens (including phenoxy) is 4. The van der Waals surface area contributed by atoms with Crippen LogP contribution in [0.25, 0.3) is 0 Å². The maximum absolute atomic E-state index is 12.1. The summed E-state index contributed by atoms with van der Waals surface area (Å²) in [6, 6.07) is 4.73. The molecule has 1 aromatic carbocycles. The zero-order chi connectivity index (χ0) is 17.5. The summed E-state index contributed by atoms with van der Waals surface area (Å²) in [5.41, 5.74) is 4.85. The van der Waals surface area contributed by atoms with Gasteiger partial charge >= 0.3 is 5.91 Å². The van der Waals surface area contributed by atoms with E-state index in [1.807, 2.05) is 13.8 Å². The molecule has 0 saturated carbocycles. The van der Waals surface area contributed by atoms with Gasteiger partial charge in [0.1, 0.15) is 19.5 Å². The second kappa shape index (κ2) is 8.09. The predicted octanol–water partition coefficient (Wildman–Crippen LogP) is 1.13. The van der Waals surface area contributed by atoms with Gasteiger partial charge in [-0.1, -0.05) is 0 Å². The molecule has 8 heteroatoms. The van der Waals surface area contributed by atoms with Gasteiger partial charge in [0, 0.05) is 5.56 Å². The zero-order valence-corrected chi connectivity index (χ0v) is 13.8. The first-order valence-corrected chi connectivity index (χ1v) is 7.41. The predicted molar refractivity (Wildman–Crippen MR) is 84.4 cm³/mol. The lowest BCUT2D eigenvalue weighted by Crippen LogP contribution is -2.43. The smallest absolute Gasteiger partial charge is 0.308 e. The van der Waals surface area contributed by atoms with Crippen LogP contribution in [0.3, 0.4) is 0 Å². The number of benzene rings is 1. The van der Waals surface area contributed by atoms with E-state index in [9.17, 15) is 9.59 Å². The average Bonchev–Trinajstić information content (AvgIpc) is 2.60. The molecular formula is C16H20N2O6. The minimum absolute atomic E-state index is 0.000174. The molecule has 2 rings (SSSR count). The summed E-state index contributed by atoms with van der Waals surface area (Å²) >= 11 is 0. The molecule has 2 amide bonds. The van der Waals surface area contributed by atoms with E-state index in [-0.39, 0.29) is 18.5 Å². The zero-order valence-electron chi connectivity index (χ0n) is 13.8. The van der Waals surface area contributed by atoms with E-state index in [4.69, 9.17) is 18.9 Å². The molecule has 2 N–H and O–H groups in total. The highest BCUT2D eigenvalue weighted by atomic mass is 16.6. The number of hydrogen-bond acceptors (Lipinski definition) is 6. The van der Waals surface area contributed by atoms with Gasteiger partial charge in [-0.3, -0.25) is 20.4 Å². The lowest BCUT2D eigenvalue weighted by molar-refractivity contribution is -0.123. The van der Waals surface area contributed by atoms with Crippen LogP contribution in [0.5, 0.6) is 11.5 Å². The minimum atomic E-state index is -0.602. The van der Waals surface area contributed by atoms with Gasteiger partial charge in [0.15, 0.2) is 11.5 Å². The molecule has 0 radical (unpaired) electrons. The van der Waals surface area contributed by atoms with Crippen molar-refractivity contribution in [1.29, 1.82) is 0 Å². The number of carbonyl (C=O) groups excluding carboxylic acids is 2. The lowest BCUT2D eigenvalue weighted by atomic mass is 10.2. The summed E-state index contributed by atoms with van der Waals surface area (Å²) in [6.45, 7) is 4.44. The first-order valence-electron chi connectivity index (χ1n) is 7.41. The second-order valence-electron chi connectivity index (χ2n) is 5.14. The maximum atomic E-state index is 12.1. The summed E-state index contributed by atoms with van der Waals surface area (Å²) in [6.07, 6.45) is 1.18. The van der Waals surface area contributed by atoms with Crippen molar-refractivity contribution in [3.63, 3.8) is 0 Å². The molecule has 0 aromatic heterocycles. The SMILES string of the molecule is COc1cc(C(=O)NNC(=O)C2=COCCO2)ccc1OC(C)C. The number of nitrogens with one attached hydrogen (secondary N) is 2. The highest BCUT2D eigenvalue weighted by molar-refractivity contribution is 5.98. The van der Waals surface area contributed by atoms with Gasteiger partial charge in [-0.05, 0) is 32.0 Å². The Morgan fingerprint density at radius 3 is 2.50 bits per heavy atom. The van der Waals surface area contributed by atoms with Gasteiger partial charge < -0.3 is 18.9 Å². The van der Waals surface area contributed by atoms with Gasteiger partial charge in [-0.2, -0.15) is 0 Å². The Hall–Kier alpha value is -2.90. The van der Waals surface area contributed by atoms with Crippen LogP contribution in [0, 0.1) is 0 Å². The van der Waals surface area contributed by atoms with Gasteiger partial charge in [-0.15, -0.1) is 0 Å². The van der Waals surface area contributed by atoms with Crippen LogP contribution in [0.15, 0.2) is 30.2 Å². The Morgan fingerprint density at radius 1 is 1.12 bits per heavy atom. The molecule has 0 aliphatic carbocycles. The summed E-state index contributed by atoms with van der Waals surface area (Å²) in [4.78, 5) is 23.9. The van der Waals surface area contributed by atoms with Gasteiger partial charge in [-0.25, -0.2) is 0 Å². The van der Waals surface area contributed by atoms with E-state index < -0.39 is 11.8 Å². The van der Waals surface area contributed by atoms with Crippen LogP contribution >= 0.6 is 0 Å². The first-order chi connectivity index (χ1) is 11.5. The van der Waals surface area contributed by atoms with Crippen molar-refractivity contribution in [2.45, 2.75) is 20.0 Å². The third-order valence-corrected chi connectivity index (χ3v) is 2.95. The van der Waals surface area contributed by atoms with E-state index >= 15 is 0 Å². The van der Waals surface area contributed by atoms with Crippen molar-refractivity contribution >= 4 is 11.8 Å². The van der Waals surface area contributed by atoms with Crippen molar-refractivity contribution in [2.75, 3.05) is 20.3 Å². The van der Waals surface area contributed by atoms with E-state index in [0.29, 0.717) is 23.7 Å². The summed E-state index contributed by atoms with van der Waals surface area (Å²) in [5, 5.41) is 0. The first kappa shape index (κ1) is 17.5. The highest BCUT2D eigenvalue weighted by Gasteiger charge is 2.17. The number of rotatable bonds is 5. The fourth-order valence-electron chi connectivity index (χ4n) is 1.89. The van der Waals surface area contributed by atoms with Crippen molar-refractivity contribution < 1.29 is 28.5 Å². The van der Waals surface area contributed by atoms with Crippen LogP contribution in [-0.4, -0.2) is 38.2 Å². The summed E-state index contributed by atoms with van der Waals surface area (Å²) in [5.74, 6) is -0.148. The molecule has 0 saturated heterocycles. The largest absolute Gasteiger partial charge is 0.494 e. The normalized spacial score (nSPS) is 13.2. The minimum Gasteiger partial charge on any atom is -0.494 e. The highest BCUT2D eigenvalue weighted by Crippen LogP contribution is 2.28. The Balaban J connectivity index is 1.99. The fourth-order valence-corrected chi connectivity index (χ4v) is 1.89. The van der Waals surface area contributed by atoms with E-state index in [0.717, 1.165) is 0 Å². The topological polar surface area (TPSA) is 95.1 Å².